The van der Waals surface area contributed by atoms with Crippen LogP contribution in [0.25, 0.3) is 0 Å². The molecule has 1 N–H and O–H groups in total. The number of esters is 2. The molecule has 0 aromatic carbocycles. The molecule has 0 spiro atoms. The number of rotatable bonds is 5. The lowest BCUT2D eigenvalue weighted by molar-refractivity contribution is -0.201. The summed E-state index contributed by atoms with van der Waals surface area (Å²) in [6.07, 6.45) is 1.27. The molecule has 0 amide bonds. The van der Waals surface area contributed by atoms with E-state index >= 15 is 8.78 Å². The highest BCUT2D eigenvalue weighted by atomic mass is 32.2. The van der Waals surface area contributed by atoms with Crippen LogP contribution < -0.4 is 0 Å². The molecule has 0 radical (unpaired) electrons. The van der Waals surface area contributed by atoms with Crippen LogP contribution in [0.4, 0.5) is 8.78 Å². The molecule has 0 aromatic rings. The van der Waals surface area contributed by atoms with E-state index in [2.05, 4.69) is 0 Å². The topological polar surface area (TPSA) is 107 Å². The first kappa shape index (κ1) is 28.5. The quantitative estimate of drug-likeness (QED) is 0.303. The summed E-state index contributed by atoms with van der Waals surface area (Å²) < 4.78 is 43.5. The minimum Gasteiger partial charge on any atom is -0.465 e. The summed E-state index contributed by atoms with van der Waals surface area (Å²) in [5.74, 6) is -3.83. The van der Waals surface area contributed by atoms with Crippen LogP contribution in [0.15, 0.2) is 23.8 Å². The number of Topliss-reactive ketones (excluding diaryl/α,β-unsaturated/α-hetero) is 1. The molecule has 5 aliphatic rings. The minimum atomic E-state index is -2.20. The van der Waals surface area contributed by atoms with E-state index in [-0.39, 0.29) is 47.3 Å². The lowest BCUT2D eigenvalue weighted by Gasteiger charge is -2.62. The predicted molar refractivity (Wildman–Crippen MR) is 139 cm³/mol. The van der Waals surface area contributed by atoms with Gasteiger partial charge in [-0.05, 0) is 67.6 Å². The summed E-state index contributed by atoms with van der Waals surface area (Å²) in [5.41, 5.74) is -4.31. The number of cyclic esters (lactones) is 1. The molecule has 4 fully saturated rings. The number of ketones is 1. The monoisotopic (exact) mass is 566 g/mol. The molecule has 7 nitrogen and oxygen atoms in total. The summed E-state index contributed by atoms with van der Waals surface area (Å²) in [7, 11) is 0. The van der Waals surface area contributed by atoms with Gasteiger partial charge in [-0.3, -0.25) is 14.4 Å². The Morgan fingerprint density at radius 3 is 2.59 bits per heavy atom. The van der Waals surface area contributed by atoms with Crippen LogP contribution in [0.2, 0.25) is 0 Å². The van der Waals surface area contributed by atoms with E-state index in [0.717, 1.165) is 18.7 Å². The highest BCUT2D eigenvalue weighted by molar-refractivity contribution is 8.13. The Morgan fingerprint density at radius 1 is 1.23 bits per heavy atom. The zero-order chi connectivity index (χ0) is 28.5. The molecular weight excluding hydrogens is 530 g/mol. The maximum atomic E-state index is 17.5. The molecule has 5 rings (SSSR count). The lowest BCUT2D eigenvalue weighted by atomic mass is 9.45. The fourth-order valence-electron chi connectivity index (χ4n) is 8.42. The van der Waals surface area contributed by atoms with Crippen LogP contribution in [0.1, 0.15) is 53.4 Å². The smallest absolute Gasteiger partial charge is 0.375 e. The van der Waals surface area contributed by atoms with Crippen molar-refractivity contribution in [1.82, 2.24) is 0 Å². The molecule has 1 aliphatic heterocycles. The van der Waals surface area contributed by atoms with Gasteiger partial charge in [-0.15, -0.1) is 0 Å². The van der Waals surface area contributed by atoms with Gasteiger partial charge in [0, 0.05) is 29.9 Å². The van der Waals surface area contributed by atoms with Crippen molar-refractivity contribution in [2.75, 3.05) is 12.4 Å². The highest BCUT2D eigenvalue weighted by Gasteiger charge is 2.73. The third-order valence-corrected chi connectivity index (χ3v) is 11.4. The standard InChI is InChI=1S/C29H36F2O7S/c1-14-9-18-19-11-21(30)20-10-17(38-24(34)15(2)32)5-7-28(20,4)29(19,31)22(33)12-27(18,3)23(14)26(36)39-13-16-6-8-37-25(16)35/h5,7,10,14,16-19,21-23,33H,6,8-9,11-13H2,1-4H3/t14-,16?,17?,18+,19+,21+,22+,23+,27+,28+,29+/m1/s1. The molecule has 1 heterocycles. The van der Waals surface area contributed by atoms with Crippen LogP contribution in [0.3, 0.4) is 0 Å². The van der Waals surface area contributed by atoms with Crippen molar-refractivity contribution >= 4 is 34.6 Å². The molecule has 11 atom stereocenters. The molecule has 1 saturated heterocycles. The Bertz CT molecular complexity index is 1150. The highest BCUT2D eigenvalue weighted by Crippen LogP contribution is 2.70. The average molecular weight is 567 g/mol. The van der Waals surface area contributed by atoms with Gasteiger partial charge in [0.25, 0.3) is 0 Å². The second kappa shape index (κ2) is 9.79. The SMILES string of the molecule is CC(=O)C(=O)OC1C=C[C@@]2(C)C(=C1)[C@@H](F)C[C@H]1[C@@H]3C[C@@H](C)[C@@H](C(=O)SCC4CCOC4=O)[C@@]3(C)C[C@H](O)[C@@]12F. The number of carbonyl (C=O) groups is 4. The number of hydrogen-bond acceptors (Lipinski definition) is 8. The number of hydrogen-bond donors (Lipinski definition) is 1. The largest absolute Gasteiger partial charge is 0.465 e. The number of halogens is 2. The molecule has 10 heteroatoms. The summed E-state index contributed by atoms with van der Waals surface area (Å²) in [6.45, 7) is 6.88. The van der Waals surface area contributed by atoms with Crippen LogP contribution in [0, 0.1) is 40.4 Å². The van der Waals surface area contributed by atoms with E-state index in [4.69, 9.17) is 9.47 Å². The molecule has 214 valence electrons. The molecular formula is C29H36F2O7S. The number of thioether (sulfide) groups is 1. The average Bonchev–Trinajstić information content (AvgIpc) is 3.39. The van der Waals surface area contributed by atoms with Gasteiger partial charge < -0.3 is 14.6 Å². The summed E-state index contributed by atoms with van der Waals surface area (Å²) in [4.78, 5) is 48.5. The van der Waals surface area contributed by atoms with Gasteiger partial charge in [-0.25, -0.2) is 13.6 Å². The van der Waals surface area contributed by atoms with E-state index in [1.807, 2.05) is 13.8 Å². The molecule has 4 aliphatic carbocycles. The van der Waals surface area contributed by atoms with E-state index < -0.39 is 58.5 Å². The zero-order valence-corrected chi connectivity index (χ0v) is 23.5. The van der Waals surface area contributed by atoms with Gasteiger partial charge in [0.15, 0.2) is 10.8 Å². The van der Waals surface area contributed by atoms with Crippen LogP contribution in [0.5, 0.6) is 0 Å². The molecule has 0 aromatic heterocycles. The first-order chi connectivity index (χ1) is 18.2. The van der Waals surface area contributed by atoms with Gasteiger partial charge in [0.1, 0.15) is 12.3 Å². The second-order valence-corrected chi connectivity index (χ2v) is 13.5. The third kappa shape index (κ3) is 4.23. The number of alkyl halides is 2. The Hall–Kier alpha value is -2.07. The van der Waals surface area contributed by atoms with Crippen molar-refractivity contribution < 1.29 is 42.5 Å². The number of carbonyl (C=O) groups excluding carboxylic acids is 4. The predicted octanol–water partition coefficient (Wildman–Crippen LogP) is 3.92. The first-order valence-corrected chi connectivity index (χ1v) is 14.7. The first-order valence-electron chi connectivity index (χ1n) is 13.7. The van der Waals surface area contributed by atoms with Gasteiger partial charge in [-0.1, -0.05) is 31.7 Å². The number of ether oxygens (including phenoxy) is 2. The molecule has 39 heavy (non-hydrogen) atoms. The van der Waals surface area contributed by atoms with Crippen LogP contribution in [-0.4, -0.2) is 64.4 Å². The van der Waals surface area contributed by atoms with Crippen molar-refractivity contribution in [3.63, 3.8) is 0 Å². The van der Waals surface area contributed by atoms with Gasteiger partial charge in [0.05, 0.1) is 18.6 Å². The van der Waals surface area contributed by atoms with E-state index in [9.17, 15) is 24.3 Å². The Morgan fingerprint density at radius 2 is 1.95 bits per heavy atom. The molecule has 2 unspecified atom stereocenters. The van der Waals surface area contributed by atoms with E-state index in [1.54, 1.807) is 6.92 Å². The van der Waals surface area contributed by atoms with E-state index in [1.165, 1.54) is 18.2 Å². The molecule has 3 saturated carbocycles. The van der Waals surface area contributed by atoms with Gasteiger partial charge >= 0.3 is 11.9 Å². The summed E-state index contributed by atoms with van der Waals surface area (Å²) >= 11 is 1.11. The maximum Gasteiger partial charge on any atom is 0.375 e. The third-order valence-electron chi connectivity index (χ3n) is 10.3. The molecule has 0 bridgehead atoms. The fraction of sp³-hybridized carbons (Fsp3) is 0.724. The van der Waals surface area contributed by atoms with Gasteiger partial charge in [-0.2, -0.15) is 0 Å². The summed E-state index contributed by atoms with van der Waals surface area (Å²) in [5, 5.41) is 11.4. The number of allylic oxidation sites excluding steroid dienone is 2. The maximum absolute atomic E-state index is 17.5. The summed E-state index contributed by atoms with van der Waals surface area (Å²) in [6, 6.07) is 0. The van der Waals surface area contributed by atoms with Crippen molar-refractivity contribution in [3.8, 4) is 0 Å². The normalized spacial score (nSPS) is 46.4. The van der Waals surface area contributed by atoms with Crippen molar-refractivity contribution in [1.29, 1.82) is 0 Å². The minimum absolute atomic E-state index is 0.0495. The van der Waals surface area contributed by atoms with Crippen molar-refractivity contribution in [3.05, 3.63) is 23.8 Å². The Labute approximate surface area is 231 Å². The van der Waals surface area contributed by atoms with E-state index in [0.29, 0.717) is 25.2 Å². The lowest BCUT2D eigenvalue weighted by Crippen LogP contribution is -2.68. The van der Waals surface area contributed by atoms with Crippen LogP contribution in [-0.2, 0) is 28.7 Å². The fourth-order valence-corrected chi connectivity index (χ4v) is 9.77. The van der Waals surface area contributed by atoms with Crippen LogP contribution >= 0.6 is 11.8 Å². The Balaban J connectivity index is 1.42. The number of aliphatic hydroxyl groups excluding tert-OH is 1. The van der Waals surface area contributed by atoms with Crippen molar-refractivity contribution in [2.24, 2.45) is 40.4 Å². The zero-order valence-electron chi connectivity index (χ0n) is 22.7. The number of aliphatic hydroxyl groups is 1. The Kier molecular flexibility index (Phi) is 7.14. The van der Waals surface area contributed by atoms with Gasteiger partial charge in [0.2, 0.25) is 5.78 Å². The van der Waals surface area contributed by atoms with Crippen molar-refractivity contribution in [2.45, 2.75) is 77.4 Å². The second-order valence-electron chi connectivity index (χ2n) is 12.5. The number of fused-ring (bicyclic) bond motifs is 5.